The highest BCUT2D eigenvalue weighted by atomic mass is 16.5. The quantitative estimate of drug-likeness (QED) is 0.662. The van der Waals surface area contributed by atoms with Crippen molar-refractivity contribution >= 4 is 23.3 Å². The van der Waals surface area contributed by atoms with E-state index in [1.165, 1.54) is 13.8 Å². The second-order valence-corrected chi connectivity index (χ2v) is 5.88. The molecular formula is C19H21NO5. The number of carbonyl (C=O) groups excluding carboxylic acids is 3. The van der Waals surface area contributed by atoms with Crippen LogP contribution in [0.5, 0.6) is 0 Å². The Kier molecular flexibility index (Phi) is 5.41. The van der Waals surface area contributed by atoms with E-state index < -0.39 is 18.0 Å². The number of amides is 1. The van der Waals surface area contributed by atoms with Crippen LogP contribution in [0, 0.1) is 20.8 Å². The van der Waals surface area contributed by atoms with Crippen molar-refractivity contribution in [2.45, 2.75) is 40.7 Å². The summed E-state index contributed by atoms with van der Waals surface area (Å²) in [7, 11) is 0. The number of aryl methyl sites for hydroxylation is 2. The summed E-state index contributed by atoms with van der Waals surface area (Å²) in [4.78, 5) is 35.7. The molecule has 2 aromatic rings. The fourth-order valence-corrected chi connectivity index (χ4v) is 2.40. The van der Waals surface area contributed by atoms with Gasteiger partial charge in [-0.15, -0.1) is 0 Å². The van der Waals surface area contributed by atoms with E-state index in [0.29, 0.717) is 33.9 Å². The Bertz CT molecular complexity index is 817. The second-order valence-electron chi connectivity index (χ2n) is 5.88. The molecule has 0 saturated carbocycles. The molecule has 0 spiro atoms. The van der Waals surface area contributed by atoms with Crippen molar-refractivity contribution in [3.05, 3.63) is 52.5 Å². The summed E-state index contributed by atoms with van der Waals surface area (Å²) in [5, 5.41) is 2.65. The Morgan fingerprint density at radius 2 is 1.64 bits per heavy atom. The van der Waals surface area contributed by atoms with Crippen LogP contribution in [-0.4, -0.2) is 23.8 Å². The lowest BCUT2D eigenvalue weighted by atomic mass is 10.1. The topological polar surface area (TPSA) is 85.6 Å². The van der Waals surface area contributed by atoms with Crippen LogP contribution in [0.15, 0.2) is 28.7 Å². The molecule has 0 bridgehead atoms. The first-order valence-corrected chi connectivity index (χ1v) is 7.90. The van der Waals surface area contributed by atoms with Crippen LogP contribution in [0.4, 0.5) is 5.69 Å². The summed E-state index contributed by atoms with van der Waals surface area (Å²) in [5.74, 6) is 0.00161. The largest absolute Gasteiger partial charge is 0.465 e. The third-order valence-corrected chi connectivity index (χ3v) is 3.98. The van der Waals surface area contributed by atoms with Crippen LogP contribution in [0.25, 0.3) is 0 Å². The molecule has 0 unspecified atom stereocenters. The number of furan rings is 1. The number of anilines is 1. The molecule has 2 rings (SSSR count). The van der Waals surface area contributed by atoms with Gasteiger partial charge in [-0.05, 0) is 58.9 Å². The molecule has 0 radical (unpaired) electrons. The SMILES string of the molecule is CC(=O)c1ccc(NC(=O)[C@H](C)OC(=O)c2c(C)oc(C)c2C)cc1. The molecule has 1 heterocycles. The van der Waals surface area contributed by atoms with Gasteiger partial charge in [0.1, 0.15) is 17.1 Å². The van der Waals surface area contributed by atoms with Gasteiger partial charge in [0, 0.05) is 16.8 Å². The van der Waals surface area contributed by atoms with Crippen LogP contribution in [0.2, 0.25) is 0 Å². The summed E-state index contributed by atoms with van der Waals surface area (Å²) in [6, 6.07) is 6.49. The number of carbonyl (C=O) groups is 3. The number of nitrogens with one attached hydrogen (secondary N) is 1. The Hall–Kier alpha value is -2.89. The minimum atomic E-state index is -0.978. The number of hydrogen-bond donors (Lipinski definition) is 1. The van der Waals surface area contributed by atoms with Gasteiger partial charge >= 0.3 is 5.97 Å². The Morgan fingerprint density at radius 1 is 1.04 bits per heavy atom. The molecule has 0 aliphatic rings. The molecule has 25 heavy (non-hydrogen) atoms. The molecular weight excluding hydrogens is 322 g/mol. The fourth-order valence-electron chi connectivity index (χ4n) is 2.40. The first-order chi connectivity index (χ1) is 11.7. The molecule has 0 saturated heterocycles. The second kappa shape index (κ2) is 7.34. The minimum absolute atomic E-state index is 0.0543. The van der Waals surface area contributed by atoms with Crippen molar-refractivity contribution in [3.63, 3.8) is 0 Å². The van der Waals surface area contributed by atoms with Crippen LogP contribution >= 0.6 is 0 Å². The normalized spacial score (nSPS) is 11.7. The monoisotopic (exact) mass is 343 g/mol. The van der Waals surface area contributed by atoms with Gasteiger partial charge in [-0.2, -0.15) is 0 Å². The molecule has 1 amide bonds. The molecule has 1 aromatic carbocycles. The molecule has 1 atom stereocenters. The summed E-state index contributed by atoms with van der Waals surface area (Å²) in [6.07, 6.45) is -0.978. The number of benzene rings is 1. The van der Waals surface area contributed by atoms with E-state index in [-0.39, 0.29) is 5.78 Å². The van der Waals surface area contributed by atoms with Gasteiger partial charge in [0.15, 0.2) is 11.9 Å². The van der Waals surface area contributed by atoms with E-state index in [9.17, 15) is 14.4 Å². The molecule has 6 heteroatoms. The molecule has 0 aliphatic carbocycles. The third kappa shape index (κ3) is 4.15. The van der Waals surface area contributed by atoms with Gasteiger partial charge in [-0.3, -0.25) is 9.59 Å². The van der Waals surface area contributed by atoms with Crippen LogP contribution in [0.1, 0.15) is 51.6 Å². The Morgan fingerprint density at radius 3 is 2.12 bits per heavy atom. The fraction of sp³-hybridized carbons (Fsp3) is 0.316. The number of esters is 1. The highest BCUT2D eigenvalue weighted by molar-refractivity contribution is 5.99. The van der Waals surface area contributed by atoms with Crippen LogP contribution in [0.3, 0.4) is 0 Å². The van der Waals surface area contributed by atoms with Crippen LogP contribution < -0.4 is 5.32 Å². The lowest BCUT2D eigenvalue weighted by Crippen LogP contribution is -2.30. The highest BCUT2D eigenvalue weighted by Gasteiger charge is 2.24. The summed E-state index contributed by atoms with van der Waals surface area (Å²) in [6.45, 7) is 8.17. The van der Waals surface area contributed by atoms with E-state index in [0.717, 1.165) is 0 Å². The third-order valence-electron chi connectivity index (χ3n) is 3.98. The lowest BCUT2D eigenvalue weighted by Gasteiger charge is -2.14. The average Bonchev–Trinajstić information content (AvgIpc) is 2.80. The predicted molar refractivity (Wildman–Crippen MR) is 92.9 cm³/mol. The first kappa shape index (κ1) is 18.4. The van der Waals surface area contributed by atoms with Crippen molar-refractivity contribution in [2.24, 2.45) is 0 Å². The molecule has 6 nitrogen and oxygen atoms in total. The van der Waals surface area contributed by atoms with E-state index in [1.54, 1.807) is 45.0 Å². The molecule has 0 fully saturated rings. The van der Waals surface area contributed by atoms with Crippen molar-refractivity contribution in [1.82, 2.24) is 0 Å². The standard InChI is InChI=1S/C19H21NO5/c1-10-12(3)24-13(4)17(10)19(23)25-14(5)18(22)20-16-8-6-15(7-9-16)11(2)21/h6-9,14H,1-5H3,(H,20,22)/t14-/m0/s1. The zero-order chi connectivity index (χ0) is 18.7. The van der Waals surface area contributed by atoms with Gasteiger partial charge in [0.25, 0.3) is 5.91 Å². The van der Waals surface area contributed by atoms with E-state index in [1.807, 2.05) is 0 Å². The van der Waals surface area contributed by atoms with Crippen molar-refractivity contribution in [1.29, 1.82) is 0 Å². The maximum absolute atomic E-state index is 12.3. The van der Waals surface area contributed by atoms with Gasteiger partial charge < -0.3 is 14.5 Å². The van der Waals surface area contributed by atoms with Crippen molar-refractivity contribution in [3.8, 4) is 0 Å². The van der Waals surface area contributed by atoms with Crippen molar-refractivity contribution in [2.75, 3.05) is 5.32 Å². The van der Waals surface area contributed by atoms with E-state index in [2.05, 4.69) is 5.32 Å². The summed E-state index contributed by atoms with van der Waals surface area (Å²) in [5.41, 5.74) is 2.13. The Labute approximate surface area is 146 Å². The molecule has 132 valence electrons. The average molecular weight is 343 g/mol. The van der Waals surface area contributed by atoms with E-state index >= 15 is 0 Å². The minimum Gasteiger partial charge on any atom is -0.465 e. The van der Waals surface area contributed by atoms with Gasteiger partial charge in [0.05, 0.1) is 0 Å². The number of Topliss-reactive ketones (excluding diaryl/α,β-unsaturated/α-hetero) is 1. The Balaban J connectivity index is 2.02. The maximum Gasteiger partial charge on any atom is 0.342 e. The van der Waals surface area contributed by atoms with E-state index in [4.69, 9.17) is 9.15 Å². The zero-order valence-electron chi connectivity index (χ0n) is 14.9. The zero-order valence-corrected chi connectivity index (χ0v) is 14.9. The maximum atomic E-state index is 12.3. The first-order valence-electron chi connectivity index (χ1n) is 7.90. The number of rotatable bonds is 5. The van der Waals surface area contributed by atoms with Gasteiger partial charge in [-0.25, -0.2) is 4.79 Å². The summed E-state index contributed by atoms with van der Waals surface area (Å²) < 4.78 is 10.6. The predicted octanol–water partition coefficient (Wildman–Crippen LogP) is 3.59. The number of ether oxygens (including phenoxy) is 1. The number of hydrogen-bond acceptors (Lipinski definition) is 5. The smallest absolute Gasteiger partial charge is 0.342 e. The lowest BCUT2D eigenvalue weighted by molar-refractivity contribution is -0.123. The molecule has 1 N–H and O–H groups in total. The van der Waals surface area contributed by atoms with Crippen LogP contribution in [-0.2, 0) is 9.53 Å². The molecule has 0 aliphatic heterocycles. The van der Waals surface area contributed by atoms with Gasteiger partial charge in [0.2, 0.25) is 0 Å². The molecule has 1 aromatic heterocycles. The number of ketones is 1. The van der Waals surface area contributed by atoms with Gasteiger partial charge in [-0.1, -0.05) is 0 Å². The summed E-state index contributed by atoms with van der Waals surface area (Å²) >= 11 is 0. The highest BCUT2D eigenvalue weighted by Crippen LogP contribution is 2.22. The van der Waals surface area contributed by atoms with Crippen molar-refractivity contribution < 1.29 is 23.5 Å².